The van der Waals surface area contributed by atoms with Gasteiger partial charge in [-0.1, -0.05) is 48.5 Å². The number of aryl methyl sites for hydroxylation is 1. The minimum absolute atomic E-state index is 0.0996. The minimum atomic E-state index is -0.806. The van der Waals surface area contributed by atoms with Gasteiger partial charge in [-0.3, -0.25) is 4.79 Å². The van der Waals surface area contributed by atoms with E-state index in [1.807, 2.05) is 48.5 Å². The van der Waals surface area contributed by atoms with Crippen LogP contribution in [0.1, 0.15) is 12.0 Å². The number of para-hydroxylation sites is 1. The maximum Gasteiger partial charge on any atom is 0.303 e. The SMILES string of the molecule is Nc1c(CCC(=O)O)cccc1-c1ccccc1. The van der Waals surface area contributed by atoms with Crippen molar-refractivity contribution in [2.45, 2.75) is 12.8 Å². The topological polar surface area (TPSA) is 63.3 Å². The molecule has 2 rings (SSSR count). The Kier molecular flexibility index (Phi) is 3.63. The first kappa shape index (κ1) is 12.2. The van der Waals surface area contributed by atoms with Crippen LogP contribution in [0.15, 0.2) is 48.5 Å². The van der Waals surface area contributed by atoms with Crippen molar-refractivity contribution in [2.24, 2.45) is 0 Å². The molecule has 2 aromatic carbocycles. The molecule has 0 heterocycles. The molecule has 0 saturated carbocycles. The lowest BCUT2D eigenvalue weighted by atomic mass is 9.98. The van der Waals surface area contributed by atoms with Gasteiger partial charge in [0.2, 0.25) is 0 Å². The third-order valence-corrected chi connectivity index (χ3v) is 2.89. The maximum absolute atomic E-state index is 10.6. The first-order valence-electron chi connectivity index (χ1n) is 5.83. The van der Waals surface area contributed by atoms with Crippen LogP contribution in [0.5, 0.6) is 0 Å². The third-order valence-electron chi connectivity index (χ3n) is 2.89. The minimum Gasteiger partial charge on any atom is -0.481 e. The summed E-state index contributed by atoms with van der Waals surface area (Å²) in [6.45, 7) is 0. The lowest BCUT2D eigenvalue weighted by Gasteiger charge is -2.10. The zero-order chi connectivity index (χ0) is 13.0. The number of carboxylic acid groups (broad SMARTS) is 1. The molecule has 18 heavy (non-hydrogen) atoms. The van der Waals surface area contributed by atoms with Crippen LogP contribution in [0.25, 0.3) is 11.1 Å². The molecule has 0 aliphatic heterocycles. The summed E-state index contributed by atoms with van der Waals surface area (Å²) >= 11 is 0. The van der Waals surface area contributed by atoms with E-state index in [-0.39, 0.29) is 6.42 Å². The van der Waals surface area contributed by atoms with E-state index in [0.717, 1.165) is 16.7 Å². The van der Waals surface area contributed by atoms with E-state index >= 15 is 0 Å². The van der Waals surface area contributed by atoms with Crippen LogP contribution in [0, 0.1) is 0 Å². The van der Waals surface area contributed by atoms with Crippen molar-refractivity contribution >= 4 is 11.7 Å². The number of anilines is 1. The van der Waals surface area contributed by atoms with E-state index in [0.29, 0.717) is 12.1 Å². The quantitative estimate of drug-likeness (QED) is 0.809. The molecule has 0 atom stereocenters. The molecule has 0 aliphatic carbocycles. The number of hydrogen-bond acceptors (Lipinski definition) is 2. The summed E-state index contributed by atoms with van der Waals surface area (Å²) in [5.41, 5.74) is 9.67. The Bertz CT molecular complexity index is 550. The van der Waals surface area contributed by atoms with Crippen molar-refractivity contribution in [3.8, 4) is 11.1 Å². The van der Waals surface area contributed by atoms with E-state index in [2.05, 4.69) is 0 Å². The van der Waals surface area contributed by atoms with Crippen molar-refractivity contribution in [1.82, 2.24) is 0 Å². The number of rotatable bonds is 4. The van der Waals surface area contributed by atoms with Gasteiger partial charge in [0.05, 0.1) is 0 Å². The number of carbonyl (C=O) groups is 1. The molecule has 0 unspecified atom stereocenters. The van der Waals surface area contributed by atoms with Crippen molar-refractivity contribution < 1.29 is 9.90 Å². The van der Waals surface area contributed by atoms with E-state index in [1.165, 1.54) is 0 Å². The summed E-state index contributed by atoms with van der Waals surface area (Å²) in [6.07, 6.45) is 0.560. The Labute approximate surface area is 106 Å². The Balaban J connectivity index is 2.33. The van der Waals surface area contributed by atoms with Gasteiger partial charge >= 0.3 is 5.97 Å². The lowest BCUT2D eigenvalue weighted by Crippen LogP contribution is -2.01. The highest BCUT2D eigenvalue weighted by molar-refractivity contribution is 5.79. The molecule has 3 heteroatoms. The summed E-state index contributed by atoms with van der Waals surface area (Å²) in [7, 11) is 0. The zero-order valence-electron chi connectivity index (χ0n) is 9.97. The molecule has 2 aromatic rings. The van der Waals surface area contributed by atoms with Crippen LogP contribution in [0.2, 0.25) is 0 Å². The van der Waals surface area contributed by atoms with Crippen LogP contribution in [0.4, 0.5) is 5.69 Å². The fourth-order valence-electron chi connectivity index (χ4n) is 1.94. The van der Waals surface area contributed by atoms with E-state index < -0.39 is 5.97 Å². The molecular weight excluding hydrogens is 226 g/mol. The van der Waals surface area contributed by atoms with Crippen molar-refractivity contribution in [3.63, 3.8) is 0 Å². The van der Waals surface area contributed by atoms with E-state index in [9.17, 15) is 4.79 Å². The van der Waals surface area contributed by atoms with Gasteiger partial charge in [0.25, 0.3) is 0 Å². The monoisotopic (exact) mass is 241 g/mol. The second-order valence-corrected chi connectivity index (χ2v) is 4.14. The molecule has 92 valence electrons. The van der Waals surface area contributed by atoms with Gasteiger partial charge in [-0.2, -0.15) is 0 Å². The summed E-state index contributed by atoms with van der Waals surface area (Å²) < 4.78 is 0. The second kappa shape index (κ2) is 5.36. The highest BCUT2D eigenvalue weighted by atomic mass is 16.4. The van der Waals surface area contributed by atoms with Crippen LogP contribution < -0.4 is 5.73 Å². The summed E-state index contributed by atoms with van der Waals surface area (Å²) in [5.74, 6) is -0.806. The van der Waals surface area contributed by atoms with E-state index in [4.69, 9.17) is 10.8 Å². The van der Waals surface area contributed by atoms with Crippen molar-refractivity contribution in [3.05, 3.63) is 54.1 Å². The molecule has 0 aromatic heterocycles. The molecular formula is C15H15NO2. The predicted molar refractivity (Wildman–Crippen MR) is 72.2 cm³/mol. The highest BCUT2D eigenvalue weighted by Crippen LogP contribution is 2.28. The van der Waals surface area contributed by atoms with Crippen LogP contribution in [-0.4, -0.2) is 11.1 Å². The molecule has 0 saturated heterocycles. The van der Waals surface area contributed by atoms with Gasteiger partial charge in [0.15, 0.2) is 0 Å². The zero-order valence-corrected chi connectivity index (χ0v) is 9.97. The normalized spacial score (nSPS) is 10.2. The Morgan fingerprint density at radius 3 is 2.44 bits per heavy atom. The maximum atomic E-state index is 10.6. The molecule has 0 amide bonds. The van der Waals surface area contributed by atoms with Crippen LogP contribution in [-0.2, 0) is 11.2 Å². The average Bonchev–Trinajstić information content (AvgIpc) is 2.38. The first-order chi connectivity index (χ1) is 8.68. The summed E-state index contributed by atoms with van der Waals surface area (Å²) in [6, 6.07) is 15.6. The van der Waals surface area contributed by atoms with Gasteiger partial charge < -0.3 is 10.8 Å². The number of hydrogen-bond donors (Lipinski definition) is 2. The number of carboxylic acids is 1. The predicted octanol–water partition coefficient (Wildman–Crippen LogP) is 2.95. The third kappa shape index (κ3) is 2.69. The number of nitrogen functional groups attached to an aromatic ring is 1. The standard InChI is InChI=1S/C15H15NO2/c16-15-12(9-10-14(17)18)7-4-8-13(15)11-5-2-1-3-6-11/h1-8H,9-10,16H2,(H,17,18). The Morgan fingerprint density at radius 1 is 1.06 bits per heavy atom. The smallest absolute Gasteiger partial charge is 0.303 e. The molecule has 0 fully saturated rings. The fraction of sp³-hybridized carbons (Fsp3) is 0.133. The summed E-state index contributed by atoms with van der Waals surface area (Å²) in [5, 5.41) is 8.71. The largest absolute Gasteiger partial charge is 0.481 e. The Morgan fingerprint density at radius 2 is 1.78 bits per heavy atom. The molecule has 0 radical (unpaired) electrons. The number of aliphatic carboxylic acids is 1. The van der Waals surface area contributed by atoms with Crippen LogP contribution in [0.3, 0.4) is 0 Å². The van der Waals surface area contributed by atoms with Gasteiger partial charge in [-0.05, 0) is 17.5 Å². The van der Waals surface area contributed by atoms with Crippen LogP contribution >= 0.6 is 0 Å². The number of benzene rings is 2. The Hall–Kier alpha value is -2.29. The van der Waals surface area contributed by atoms with Gasteiger partial charge in [0.1, 0.15) is 0 Å². The van der Waals surface area contributed by atoms with Gasteiger partial charge in [-0.15, -0.1) is 0 Å². The summed E-state index contributed by atoms with van der Waals surface area (Å²) in [4.78, 5) is 10.6. The molecule has 0 spiro atoms. The molecule has 0 aliphatic rings. The van der Waals surface area contributed by atoms with Gasteiger partial charge in [-0.25, -0.2) is 0 Å². The molecule has 3 N–H and O–H groups in total. The van der Waals surface area contributed by atoms with Crippen molar-refractivity contribution in [2.75, 3.05) is 5.73 Å². The number of nitrogens with two attached hydrogens (primary N) is 1. The first-order valence-corrected chi connectivity index (χ1v) is 5.83. The lowest BCUT2D eigenvalue weighted by molar-refractivity contribution is -0.136. The van der Waals surface area contributed by atoms with Gasteiger partial charge in [0, 0.05) is 17.7 Å². The molecule has 3 nitrogen and oxygen atoms in total. The highest BCUT2D eigenvalue weighted by Gasteiger charge is 2.08. The molecule has 0 bridgehead atoms. The van der Waals surface area contributed by atoms with Crippen molar-refractivity contribution in [1.29, 1.82) is 0 Å². The average molecular weight is 241 g/mol. The van der Waals surface area contributed by atoms with E-state index in [1.54, 1.807) is 0 Å². The fourth-order valence-corrected chi connectivity index (χ4v) is 1.94. The second-order valence-electron chi connectivity index (χ2n) is 4.14.